The Hall–Kier alpha value is -2.87. The Bertz CT molecular complexity index is 1180. The van der Waals surface area contributed by atoms with Gasteiger partial charge in [0, 0.05) is 27.9 Å². The Morgan fingerprint density at radius 3 is 2.37 bits per heavy atom. The molecule has 1 aliphatic rings. The maximum atomic E-state index is 12.3. The van der Waals surface area contributed by atoms with Gasteiger partial charge < -0.3 is 16.0 Å². The largest absolute Gasteiger partial charge is 0.370 e. The highest BCUT2D eigenvalue weighted by atomic mass is 32.2. The normalized spacial score (nSPS) is 17.2. The van der Waals surface area contributed by atoms with E-state index in [4.69, 9.17) is 11.5 Å². The highest BCUT2D eigenvalue weighted by Gasteiger charge is 2.27. The molecule has 2 aromatic carbocycles. The second-order valence-corrected chi connectivity index (χ2v) is 9.15. The maximum Gasteiger partial charge on any atom is 0.280 e. The van der Waals surface area contributed by atoms with Crippen LogP contribution in [0.25, 0.3) is 21.8 Å². The van der Waals surface area contributed by atoms with E-state index in [-0.39, 0.29) is 23.5 Å². The Morgan fingerprint density at radius 1 is 1.00 bits per heavy atom. The second-order valence-electron chi connectivity index (χ2n) is 6.84. The number of aliphatic imine (C=N–C) groups is 1. The lowest BCUT2D eigenvalue weighted by Gasteiger charge is -2.25. The summed E-state index contributed by atoms with van der Waals surface area (Å²) in [4.78, 5) is 15.9. The van der Waals surface area contributed by atoms with E-state index in [0.717, 1.165) is 21.8 Å². The van der Waals surface area contributed by atoms with Gasteiger partial charge in [-0.2, -0.15) is 4.99 Å². The fraction of sp³-hybridized carbons (Fsp3) is 0.263. The number of nitrogens with zero attached hydrogens (tertiary/aromatic N) is 2. The number of fused-ring (bicyclic) bond motifs is 3. The first-order chi connectivity index (χ1) is 12.9. The molecule has 8 heteroatoms. The van der Waals surface area contributed by atoms with E-state index in [0.29, 0.717) is 18.4 Å². The summed E-state index contributed by atoms with van der Waals surface area (Å²) < 4.78 is 25.9. The number of sulfone groups is 1. The predicted molar refractivity (Wildman–Crippen MR) is 107 cm³/mol. The fourth-order valence-corrected chi connectivity index (χ4v) is 5.31. The minimum Gasteiger partial charge on any atom is -0.370 e. The first-order valence-corrected chi connectivity index (χ1v) is 10.5. The zero-order valence-electron chi connectivity index (χ0n) is 14.6. The van der Waals surface area contributed by atoms with Crippen LogP contribution in [0.5, 0.6) is 0 Å². The molecular weight excluding hydrogens is 364 g/mol. The van der Waals surface area contributed by atoms with Crippen LogP contribution >= 0.6 is 0 Å². The molecule has 1 aromatic heterocycles. The third kappa shape index (κ3) is 3.16. The molecule has 3 aromatic rings. The first-order valence-electron chi connectivity index (χ1n) is 8.73. The van der Waals surface area contributed by atoms with Crippen LogP contribution in [0.2, 0.25) is 0 Å². The molecule has 4 N–H and O–H groups in total. The lowest BCUT2D eigenvalue weighted by molar-refractivity contribution is 0.100. The smallest absolute Gasteiger partial charge is 0.280 e. The first kappa shape index (κ1) is 17.5. The van der Waals surface area contributed by atoms with Crippen molar-refractivity contribution in [1.29, 1.82) is 0 Å². The van der Waals surface area contributed by atoms with Gasteiger partial charge in [0.15, 0.2) is 5.96 Å². The van der Waals surface area contributed by atoms with Gasteiger partial charge in [0.2, 0.25) is 0 Å². The zero-order valence-corrected chi connectivity index (χ0v) is 15.4. The van der Waals surface area contributed by atoms with Crippen molar-refractivity contribution in [3.63, 3.8) is 0 Å². The van der Waals surface area contributed by atoms with E-state index >= 15 is 0 Å². The van der Waals surface area contributed by atoms with Gasteiger partial charge in [-0.15, -0.1) is 0 Å². The van der Waals surface area contributed by atoms with Crippen LogP contribution in [0.1, 0.15) is 29.2 Å². The molecule has 7 nitrogen and oxygen atoms in total. The third-order valence-corrected chi connectivity index (χ3v) is 6.79. The number of hydrogen-bond acceptors (Lipinski definition) is 3. The van der Waals surface area contributed by atoms with Crippen LogP contribution in [0.3, 0.4) is 0 Å². The Balaban J connectivity index is 1.91. The average molecular weight is 384 g/mol. The number of amides is 1. The molecule has 4 rings (SSSR count). The van der Waals surface area contributed by atoms with Crippen molar-refractivity contribution >= 4 is 43.5 Å². The van der Waals surface area contributed by atoms with Crippen molar-refractivity contribution in [2.75, 3.05) is 11.5 Å². The van der Waals surface area contributed by atoms with Crippen molar-refractivity contribution in [2.45, 2.75) is 18.9 Å². The van der Waals surface area contributed by atoms with Crippen molar-refractivity contribution < 1.29 is 13.2 Å². The van der Waals surface area contributed by atoms with Crippen LogP contribution < -0.4 is 11.5 Å². The van der Waals surface area contributed by atoms with Gasteiger partial charge in [0.1, 0.15) is 9.84 Å². The summed E-state index contributed by atoms with van der Waals surface area (Å²) >= 11 is 0. The van der Waals surface area contributed by atoms with Gasteiger partial charge in [0.05, 0.1) is 17.0 Å². The van der Waals surface area contributed by atoms with E-state index in [2.05, 4.69) is 9.56 Å². The molecule has 0 bridgehead atoms. The Labute approximate surface area is 156 Å². The molecule has 1 saturated heterocycles. The minimum absolute atomic E-state index is 0.0596. The molecule has 0 saturated carbocycles. The van der Waals surface area contributed by atoms with Crippen LogP contribution in [-0.4, -0.2) is 36.4 Å². The highest BCUT2D eigenvalue weighted by molar-refractivity contribution is 7.91. The molecule has 27 heavy (non-hydrogen) atoms. The van der Waals surface area contributed by atoms with Crippen LogP contribution in [0.15, 0.2) is 47.5 Å². The highest BCUT2D eigenvalue weighted by Crippen LogP contribution is 2.36. The number of carbonyl (C=O) groups is 1. The topological polar surface area (TPSA) is 121 Å². The zero-order chi connectivity index (χ0) is 19.2. The average Bonchev–Trinajstić information content (AvgIpc) is 2.95. The van der Waals surface area contributed by atoms with Crippen molar-refractivity contribution in [3.05, 3.63) is 48.0 Å². The number of rotatable bonds is 2. The van der Waals surface area contributed by atoms with Crippen LogP contribution in [-0.2, 0) is 9.84 Å². The minimum atomic E-state index is -2.96. The fourth-order valence-electron chi connectivity index (χ4n) is 3.84. The summed E-state index contributed by atoms with van der Waals surface area (Å²) in [5.74, 6) is -0.422. The number of hydrogen-bond donors (Lipinski definition) is 2. The van der Waals surface area contributed by atoms with Gasteiger partial charge in [-0.3, -0.25) is 4.79 Å². The van der Waals surface area contributed by atoms with Crippen LogP contribution in [0, 0.1) is 0 Å². The third-order valence-electron chi connectivity index (χ3n) is 5.08. The summed E-state index contributed by atoms with van der Waals surface area (Å²) in [5.41, 5.74) is 13.0. The van der Waals surface area contributed by atoms with Crippen LogP contribution in [0.4, 0.5) is 0 Å². The number of aromatic nitrogens is 1. The molecule has 140 valence electrons. The molecule has 0 aliphatic carbocycles. The van der Waals surface area contributed by atoms with Gasteiger partial charge in [-0.1, -0.05) is 24.3 Å². The predicted octanol–water partition coefficient (Wildman–Crippen LogP) is 1.96. The number of benzene rings is 2. The summed E-state index contributed by atoms with van der Waals surface area (Å²) in [6.07, 6.45) is 1.12. The molecule has 1 aliphatic heterocycles. The molecule has 0 atom stereocenters. The van der Waals surface area contributed by atoms with Gasteiger partial charge >= 0.3 is 0 Å². The molecule has 2 heterocycles. The van der Waals surface area contributed by atoms with E-state index < -0.39 is 15.7 Å². The quantitative estimate of drug-likeness (QED) is 0.517. The van der Waals surface area contributed by atoms with E-state index in [9.17, 15) is 13.2 Å². The van der Waals surface area contributed by atoms with Gasteiger partial charge in [-0.05, 0) is 31.0 Å². The van der Waals surface area contributed by atoms with Crippen molar-refractivity contribution in [1.82, 2.24) is 4.57 Å². The standard InChI is InChI=1S/C19H20N4O3S/c20-19(21)22-18(24)12-5-6-15-14-3-1-2-4-16(14)23(17(15)11-12)13-7-9-27(25,26)10-8-13/h1-6,11,13H,7-10H2,(H4,20,21,22,24). The van der Waals surface area contributed by atoms with Gasteiger partial charge in [0.25, 0.3) is 5.91 Å². The number of para-hydroxylation sites is 1. The van der Waals surface area contributed by atoms with Crippen molar-refractivity contribution in [3.8, 4) is 0 Å². The monoisotopic (exact) mass is 384 g/mol. The second kappa shape index (κ2) is 6.38. The van der Waals surface area contributed by atoms with E-state index in [1.54, 1.807) is 12.1 Å². The number of nitrogens with two attached hydrogens (primary N) is 2. The molecule has 1 fully saturated rings. The molecule has 0 spiro atoms. The van der Waals surface area contributed by atoms with Gasteiger partial charge in [-0.25, -0.2) is 8.42 Å². The summed E-state index contributed by atoms with van der Waals surface area (Å²) in [7, 11) is -2.96. The molecule has 0 radical (unpaired) electrons. The lowest BCUT2D eigenvalue weighted by atomic mass is 10.1. The molecular formula is C19H20N4O3S. The Morgan fingerprint density at radius 2 is 1.67 bits per heavy atom. The molecule has 0 unspecified atom stereocenters. The van der Waals surface area contributed by atoms with Crippen molar-refractivity contribution in [2.24, 2.45) is 16.5 Å². The summed E-state index contributed by atoms with van der Waals surface area (Å²) in [6.45, 7) is 0. The summed E-state index contributed by atoms with van der Waals surface area (Å²) in [5, 5.41) is 2.09. The number of guanidine groups is 1. The Kier molecular flexibility index (Phi) is 4.15. The summed E-state index contributed by atoms with van der Waals surface area (Å²) in [6, 6.07) is 13.4. The lowest BCUT2D eigenvalue weighted by Crippen LogP contribution is -2.25. The van der Waals surface area contributed by atoms with E-state index in [1.807, 2.05) is 30.3 Å². The maximum absolute atomic E-state index is 12.3. The SMILES string of the molecule is NC(N)=NC(=O)c1ccc2c3ccccc3n(C3CCS(=O)(=O)CC3)c2c1. The molecule has 1 amide bonds. The number of carbonyl (C=O) groups excluding carboxylic acids is 1. The van der Waals surface area contributed by atoms with E-state index in [1.165, 1.54) is 0 Å².